The highest BCUT2D eigenvalue weighted by atomic mass is 35.5. The summed E-state index contributed by atoms with van der Waals surface area (Å²) in [5, 5.41) is 13.0. The van der Waals surface area contributed by atoms with Crippen LogP contribution in [0.25, 0.3) is 11.1 Å². The van der Waals surface area contributed by atoms with Crippen LogP contribution in [0.1, 0.15) is 47.8 Å². The van der Waals surface area contributed by atoms with E-state index < -0.39 is 9.84 Å². The molecule has 0 aliphatic rings. The largest absolute Gasteiger partial charge is 0.348 e. The summed E-state index contributed by atoms with van der Waals surface area (Å²) in [7, 11) is -3.27. The topological polar surface area (TPSA) is 87.0 Å². The highest BCUT2D eigenvalue weighted by Gasteiger charge is 2.17. The Balaban J connectivity index is 1.78. The van der Waals surface area contributed by atoms with Crippen molar-refractivity contribution in [2.45, 2.75) is 38.6 Å². The van der Waals surface area contributed by atoms with E-state index in [1.54, 1.807) is 37.3 Å². The lowest BCUT2D eigenvalue weighted by atomic mass is 9.94. The van der Waals surface area contributed by atoms with Gasteiger partial charge in [0.2, 0.25) is 0 Å². The monoisotopic (exact) mass is 528 g/mol. The molecule has 0 aliphatic heterocycles. The molecule has 0 saturated carbocycles. The SMILES string of the molecule is CCS(=O)(=O)c1ccc(CNC(=O)c2cc(Cl)c(-c3ccc(CC(C)C)c(C#N)c3)c(Cl)c2)cc1. The first-order valence-electron chi connectivity index (χ1n) is 11.2. The Morgan fingerprint density at radius 1 is 1.03 bits per heavy atom. The molecule has 1 amide bonds. The Bertz CT molecular complexity index is 1370. The molecular weight excluding hydrogens is 503 g/mol. The molecule has 0 radical (unpaired) electrons. The summed E-state index contributed by atoms with van der Waals surface area (Å²) >= 11 is 13.0. The van der Waals surface area contributed by atoms with E-state index in [0.29, 0.717) is 38.2 Å². The van der Waals surface area contributed by atoms with Crippen molar-refractivity contribution in [3.8, 4) is 17.2 Å². The second kappa shape index (κ2) is 11.3. The average molecular weight is 529 g/mol. The molecule has 3 aromatic carbocycles. The zero-order valence-electron chi connectivity index (χ0n) is 19.7. The smallest absolute Gasteiger partial charge is 0.251 e. The molecule has 0 saturated heterocycles. The lowest BCUT2D eigenvalue weighted by Gasteiger charge is -2.13. The van der Waals surface area contributed by atoms with Gasteiger partial charge in [-0.1, -0.05) is 68.2 Å². The van der Waals surface area contributed by atoms with Crippen molar-refractivity contribution >= 4 is 38.9 Å². The second-order valence-electron chi connectivity index (χ2n) is 8.63. The van der Waals surface area contributed by atoms with Gasteiger partial charge < -0.3 is 5.32 Å². The normalized spacial score (nSPS) is 11.3. The Morgan fingerprint density at radius 2 is 1.66 bits per heavy atom. The Labute approximate surface area is 216 Å². The number of nitrogens with one attached hydrogen (secondary N) is 1. The zero-order chi connectivity index (χ0) is 25.8. The lowest BCUT2D eigenvalue weighted by Crippen LogP contribution is -2.22. The molecule has 0 bridgehead atoms. The van der Waals surface area contributed by atoms with Crippen LogP contribution in [-0.2, 0) is 22.8 Å². The number of benzene rings is 3. The molecular formula is C27H26Cl2N2O3S. The van der Waals surface area contributed by atoms with Gasteiger partial charge >= 0.3 is 0 Å². The number of nitrogens with zero attached hydrogens (tertiary/aromatic N) is 1. The zero-order valence-corrected chi connectivity index (χ0v) is 22.1. The number of rotatable bonds is 8. The fraction of sp³-hybridized carbons (Fsp3) is 0.259. The lowest BCUT2D eigenvalue weighted by molar-refractivity contribution is 0.0951. The van der Waals surface area contributed by atoms with Crippen molar-refractivity contribution in [3.05, 3.63) is 86.9 Å². The number of hydrogen-bond donors (Lipinski definition) is 1. The van der Waals surface area contributed by atoms with Crippen molar-refractivity contribution in [1.82, 2.24) is 5.32 Å². The molecule has 0 atom stereocenters. The molecule has 5 nitrogen and oxygen atoms in total. The minimum atomic E-state index is -3.27. The summed E-state index contributed by atoms with van der Waals surface area (Å²) in [5.74, 6) is 0.0800. The molecule has 0 aromatic heterocycles. The van der Waals surface area contributed by atoms with Crippen molar-refractivity contribution in [2.75, 3.05) is 5.75 Å². The minimum Gasteiger partial charge on any atom is -0.348 e. The van der Waals surface area contributed by atoms with Crippen LogP contribution < -0.4 is 5.32 Å². The first-order valence-corrected chi connectivity index (χ1v) is 13.6. The number of hydrogen-bond acceptors (Lipinski definition) is 4. The number of carbonyl (C=O) groups is 1. The van der Waals surface area contributed by atoms with Gasteiger partial charge in [0.25, 0.3) is 5.91 Å². The highest BCUT2D eigenvalue weighted by Crippen LogP contribution is 2.37. The first kappa shape index (κ1) is 26.7. The summed E-state index contributed by atoms with van der Waals surface area (Å²) in [6.07, 6.45) is 0.793. The van der Waals surface area contributed by atoms with Crippen molar-refractivity contribution in [1.29, 1.82) is 5.26 Å². The van der Waals surface area contributed by atoms with Gasteiger partial charge in [-0.05, 0) is 59.4 Å². The number of halogens is 2. The molecule has 182 valence electrons. The second-order valence-corrected chi connectivity index (χ2v) is 11.7. The van der Waals surface area contributed by atoms with Crippen molar-refractivity contribution < 1.29 is 13.2 Å². The fourth-order valence-corrected chi connectivity index (χ4v) is 5.29. The van der Waals surface area contributed by atoms with E-state index in [4.69, 9.17) is 23.2 Å². The Hall–Kier alpha value is -2.85. The summed E-state index contributed by atoms with van der Waals surface area (Å²) in [6, 6.07) is 17.3. The molecule has 0 aliphatic carbocycles. The standard InChI is InChI=1S/C27H26Cl2N2O3S/c1-4-35(33,34)23-9-5-18(6-10-23)16-31-27(32)21-13-24(28)26(25(29)14-21)20-8-7-19(11-17(2)3)22(12-20)15-30/h5-10,12-14,17H,4,11,16H2,1-3H3,(H,31,32). The fourth-order valence-electron chi connectivity index (χ4n) is 3.70. The van der Waals surface area contributed by atoms with Gasteiger partial charge in [0, 0.05) is 17.7 Å². The summed E-state index contributed by atoms with van der Waals surface area (Å²) in [5.41, 5.74) is 3.86. The van der Waals surface area contributed by atoms with Crippen LogP contribution in [0, 0.1) is 17.2 Å². The molecule has 0 fully saturated rings. The van der Waals surface area contributed by atoms with E-state index >= 15 is 0 Å². The van der Waals surface area contributed by atoms with Gasteiger partial charge in [0.15, 0.2) is 9.84 Å². The maximum absolute atomic E-state index is 12.7. The van der Waals surface area contributed by atoms with Crippen molar-refractivity contribution in [3.63, 3.8) is 0 Å². The van der Waals surface area contributed by atoms with Crippen LogP contribution in [0.4, 0.5) is 0 Å². The predicted molar refractivity (Wildman–Crippen MR) is 140 cm³/mol. The minimum absolute atomic E-state index is 0.0283. The number of nitriles is 1. The third-order valence-corrected chi connectivity index (χ3v) is 7.91. The van der Waals surface area contributed by atoms with E-state index in [1.807, 2.05) is 12.1 Å². The molecule has 8 heteroatoms. The van der Waals surface area contributed by atoms with Crippen LogP contribution in [0.15, 0.2) is 59.5 Å². The summed E-state index contributed by atoms with van der Waals surface area (Å²) in [6.45, 7) is 6.00. The number of sulfone groups is 1. The third-order valence-electron chi connectivity index (χ3n) is 5.57. The maximum atomic E-state index is 12.7. The molecule has 1 N–H and O–H groups in total. The molecule has 0 unspecified atom stereocenters. The maximum Gasteiger partial charge on any atom is 0.251 e. The molecule has 35 heavy (non-hydrogen) atoms. The summed E-state index contributed by atoms with van der Waals surface area (Å²) < 4.78 is 23.9. The van der Waals surface area contributed by atoms with Gasteiger partial charge in [-0.3, -0.25) is 4.79 Å². The third kappa shape index (κ3) is 6.43. The van der Waals surface area contributed by atoms with Crippen LogP contribution in [0.2, 0.25) is 10.0 Å². The Morgan fingerprint density at radius 3 is 2.20 bits per heavy atom. The van der Waals surface area contributed by atoms with E-state index in [0.717, 1.165) is 17.5 Å². The first-order chi connectivity index (χ1) is 16.6. The van der Waals surface area contributed by atoms with Crippen LogP contribution in [-0.4, -0.2) is 20.1 Å². The van der Waals surface area contributed by atoms with Crippen LogP contribution >= 0.6 is 23.2 Å². The van der Waals surface area contributed by atoms with Gasteiger partial charge in [-0.25, -0.2) is 8.42 Å². The molecule has 0 spiro atoms. The Kier molecular flexibility index (Phi) is 8.60. The quantitative estimate of drug-likeness (QED) is 0.363. The van der Waals surface area contributed by atoms with Crippen molar-refractivity contribution in [2.24, 2.45) is 5.92 Å². The van der Waals surface area contributed by atoms with Crippen LogP contribution in [0.5, 0.6) is 0 Å². The van der Waals surface area contributed by atoms with E-state index in [2.05, 4.69) is 25.2 Å². The highest BCUT2D eigenvalue weighted by molar-refractivity contribution is 7.91. The molecule has 3 rings (SSSR count). The van der Waals surface area contributed by atoms with Gasteiger partial charge in [-0.2, -0.15) is 5.26 Å². The predicted octanol–water partition coefficient (Wildman–Crippen LogP) is 6.45. The molecule has 0 heterocycles. The van der Waals surface area contributed by atoms with E-state index in [1.165, 1.54) is 12.1 Å². The van der Waals surface area contributed by atoms with Crippen LogP contribution in [0.3, 0.4) is 0 Å². The number of carbonyl (C=O) groups excluding carboxylic acids is 1. The van der Waals surface area contributed by atoms with Gasteiger partial charge in [0.1, 0.15) is 0 Å². The van der Waals surface area contributed by atoms with Gasteiger partial charge in [-0.15, -0.1) is 0 Å². The van der Waals surface area contributed by atoms with E-state index in [-0.39, 0.29) is 23.1 Å². The van der Waals surface area contributed by atoms with Gasteiger partial charge in [0.05, 0.1) is 32.3 Å². The van der Waals surface area contributed by atoms with E-state index in [9.17, 15) is 18.5 Å². The summed E-state index contributed by atoms with van der Waals surface area (Å²) in [4.78, 5) is 13.0. The molecule has 3 aromatic rings. The average Bonchev–Trinajstić information content (AvgIpc) is 2.82. The number of amides is 1.